The lowest BCUT2D eigenvalue weighted by Crippen LogP contribution is -2.26. The summed E-state index contributed by atoms with van der Waals surface area (Å²) >= 11 is 0. The monoisotopic (exact) mass is 310 g/mol. The molecule has 120 valence electrons. The maximum atomic E-state index is 11.9. The minimum atomic E-state index is -1.04. The summed E-state index contributed by atoms with van der Waals surface area (Å²) in [5, 5.41) is 0. The summed E-state index contributed by atoms with van der Waals surface area (Å²) < 4.78 is 25.6. The molecule has 1 aliphatic heterocycles. The van der Waals surface area contributed by atoms with Crippen molar-refractivity contribution in [2.75, 3.05) is 35.0 Å². The predicted octanol–water partition coefficient (Wildman–Crippen LogP) is 1.14. The summed E-state index contributed by atoms with van der Waals surface area (Å²) in [7, 11) is 5.73. The molecule has 0 unspecified atom stereocenters. The number of ether oxygens (including phenoxy) is 5. The van der Waals surface area contributed by atoms with Crippen LogP contribution in [0, 0.1) is 5.92 Å². The Bertz CT molecular complexity index is 556. The van der Waals surface area contributed by atoms with Crippen molar-refractivity contribution in [3.05, 3.63) is 17.7 Å². The molecule has 0 N–H and O–H groups in total. The van der Waals surface area contributed by atoms with Gasteiger partial charge in [-0.3, -0.25) is 9.59 Å². The van der Waals surface area contributed by atoms with E-state index in [0.29, 0.717) is 22.8 Å². The fourth-order valence-electron chi connectivity index (χ4n) is 2.56. The Labute approximate surface area is 128 Å². The molecule has 1 fully saturated rings. The van der Waals surface area contributed by atoms with Gasteiger partial charge in [-0.15, -0.1) is 0 Å². The molecule has 1 aromatic carbocycles. The minimum Gasteiger partial charge on any atom is -0.496 e. The van der Waals surface area contributed by atoms with Gasteiger partial charge in [0.1, 0.15) is 17.2 Å². The highest BCUT2D eigenvalue weighted by Gasteiger charge is 2.46. The van der Waals surface area contributed by atoms with Gasteiger partial charge in [-0.2, -0.15) is 0 Å². The summed E-state index contributed by atoms with van der Waals surface area (Å²) in [5.74, 6) is -1.40. The Morgan fingerprint density at radius 2 is 1.68 bits per heavy atom. The lowest BCUT2D eigenvalue weighted by molar-refractivity contribution is -0.154. The molecule has 0 radical (unpaired) electrons. The summed E-state index contributed by atoms with van der Waals surface area (Å²) in [5.41, 5.74) is 0.576. The molecule has 0 spiro atoms. The Hall–Kier alpha value is -2.44. The summed E-state index contributed by atoms with van der Waals surface area (Å²) in [4.78, 5) is 23.8. The number of carbonyl (C=O) groups excluding carboxylic acids is 2. The van der Waals surface area contributed by atoms with E-state index in [1.807, 2.05) is 0 Å². The van der Waals surface area contributed by atoms with Crippen LogP contribution in [0.2, 0.25) is 0 Å². The Morgan fingerprint density at radius 3 is 2.14 bits per heavy atom. The second-order valence-corrected chi connectivity index (χ2v) is 4.68. The van der Waals surface area contributed by atoms with E-state index in [9.17, 15) is 9.59 Å². The lowest BCUT2D eigenvalue weighted by atomic mass is 9.87. The van der Waals surface area contributed by atoms with Crippen LogP contribution in [0.3, 0.4) is 0 Å². The van der Waals surface area contributed by atoms with Crippen LogP contribution >= 0.6 is 0 Å². The van der Waals surface area contributed by atoms with E-state index >= 15 is 0 Å². The number of hydrogen-bond donors (Lipinski definition) is 0. The van der Waals surface area contributed by atoms with Crippen LogP contribution in [0.1, 0.15) is 11.5 Å². The number of rotatable bonds is 5. The van der Waals surface area contributed by atoms with Gasteiger partial charge in [-0.05, 0) is 0 Å². The molecule has 0 saturated carbocycles. The first-order valence-corrected chi connectivity index (χ1v) is 6.61. The highest BCUT2D eigenvalue weighted by Crippen LogP contribution is 2.44. The molecule has 0 aromatic heterocycles. The van der Waals surface area contributed by atoms with Crippen molar-refractivity contribution in [3.8, 4) is 17.2 Å². The maximum Gasteiger partial charge on any atom is 0.321 e. The van der Waals surface area contributed by atoms with E-state index in [2.05, 4.69) is 0 Å². The molecule has 7 heteroatoms. The number of hydrogen-bond acceptors (Lipinski definition) is 7. The van der Waals surface area contributed by atoms with Crippen LogP contribution < -0.4 is 14.2 Å². The Balaban J connectivity index is 2.54. The van der Waals surface area contributed by atoms with Gasteiger partial charge >= 0.3 is 11.9 Å². The number of carbonyl (C=O) groups is 2. The van der Waals surface area contributed by atoms with E-state index in [1.54, 1.807) is 12.1 Å². The Kier molecular flexibility index (Phi) is 4.75. The van der Waals surface area contributed by atoms with Crippen LogP contribution in [0.15, 0.2) is 12.1 Å². The van der Waals surface area contributed by atoms with E-state index < -0.39 is 23.8 Å². The van der Waals surface area contributed by atoms with Crippen molar-refractivity contribution >= 4 is 11.9 Å². The zero-order valence-electron chi connectivity index (χ0n) is 12.9. The van der Waals surface area contributed by atoms with E-state index in [4.69, 9.17) is 23.7 Å². The van der Waals surface area contributed by atoms with Crippen LogP contribution in [0.25, 0.3) is 0 Å². The van der Waals surface area contributed by atoms with Crippen molar-refractivity contribution in [1.29, 1.82) is 0 Å². The minimum absolute atomic E-state index is 0.0532. The van der Waals surface area contributed by atoms with Gasteiger partial charge < -0.3 is 23.7 Å². The molecule has 22 heavy (non-hydrogen) atoms. The second kappa shape index (κ2) is 6.55. The average molecular weight is 310 g/mol. The molecular weight excluding hydrogens is 292 g/mol. The molecule has 0 aliphatic carbocycles. The topological polar surface area (TPSA) is 80.3 Å². The molecule has 1 aromatic rings. The highest BCUT2D eigenvalue weighted by molar-refractivity contribution is 5.97. The van der Waals surface area contributed by atoms with Gasteiger partial charge in [0.25, 0.3) is 0 Å². The fourth-order valence-corrected chi connectivity index (χ4v) is 2.56. The average Bonchev–Trinajstić information content (AvgIpc) is 2.93. The molecule has 7 nitrogen and oxygen atoms in total. The third kappa shape index (κ3) is 2.66. The summed E-state index contributed by atoms with van der Waals surface area (Å²) in [6.45, 7) is 0.0532. The third-order valence-corrected chi connectivity index (χ3v) is 3.64. The number of methoxy groups -OCH3 is 4. The van der Waals surface area contributed by atoms with E-state index in [0.717, 1.165) is 0 Å². The zero-order chi connectivity index (χ0) is 16.3. The van der Waals surface area contributed by atoms with Gasteiger partial charge in [0.2, 0.25) is 0 Å². The van der Waals surface area contributed by atoms with Gasteiger partial charge in [0, 0.05) is 23.6 Å². The molecule has 2 atom stereocenters. The second-order valence-electron chi connectivity index (χ2n) is 4.68. The standard InChI is InChI=1S/C15H18O7/c1-18-8-5-10(19-2)12(11(6-8)20-3)9-7-22-15(17)13(9)14(16)21-4/h5-6,9,13H,7H2,1-4H3/t9-,13+/m1/s1. The zero-order valence-corrected chi connectivity index (χ0v) is 12.9. The quantitative estimate of drug-likeness (QED) is 0.596. The first-order valence-electron chi connectivity index (χ1n) is 6.61. The van der Waals surface area contributed by atoms with E-state index in [-0.39, 0.29) is 6.61 Å². The SMILES string of the molecule is COC(=O)[C@H]1C(=O)OC[C@@H]1c1c(OC)cc(OC)cc1OC. The predicted molar refractivity (Wildman–Crippen MR) is 75.3 cm³/mol. The van der Waals surface area contributed by atoms with Crippen molar-refractivity contribution in [1.82, 2.24) is 0 Å². The van der Waals surface area contributed by atoms with Crippen molar-refractivity contribution in [2.45, 2.75) is 5.92 Å². The van der Waals surface area contributed by atoms with Gasteiger partial charge in [-0.25, -0.2) is 0 Å². The first kappa shape index (κ1) is 15.9. The Morgan fingerprint density at radius 1 is 1.09 bits per heavy atom. The summed E-state index contributed by atoms with van der Waals surface area (Å²) in [6, 6.07) is 3.32. The maximum absolute atomic E-state index is 11.9. The van der Waals surface area contributed by atoms with Crippen LogP contribution in [0.5, 0.6) is 17.2 Å². The molecular formula is C15H18O7. The first-order chi connectivity index (χ1) is 10.6. The number of esters is 2. The van der Waals surface area contributed by atoms with Gasteiger partial charge in [0.05, 0.1) is 35.0 Å². The third-order valence-electron chi connectivity index (χ3n) is 3.64. The largest absolute Gasteiger partial charge is 0.496 e. The lowest BCUT2D eigenvalue weighted by Gasteiger charge is -2.20. The number of benzene rings is 1. The molecule has 1 saturated heterocycles. The van der Waals surface area contributed by atoms with Crippen molar-refractivity contribution in [3.63, 3.8) is 0 Å². The molecule has 1 heterocycles. The van der Waals surface area contributed by atoms with Crippen LogP contribution in [0.4, 0.5) is 0 Å². The van der Waals surface area contributed by atoms with Crippen LogP contribution in [-0.4, -0.2) is 47.0 Å². The van der Waals surface area contributed by atoms with Gasteiger partial charge in [0.15, 0.2) is 5.92 Å². The normalized spacial score (nSPS) is 20.3. The molecule has 0 amide bonds. The van der Waals surface area contributed by atoms with E-state index in [1.165, 1.54) is 28.4 Å². The van der Waals surface area contributed by atoms with Gasteiger partial charge in [-0.1, -0.05) is 0 Å². The smallest absolute Gasteiger partial charge is 0.321 e. The molecule has 1 aliphatic rings. The number of cyclic esters (lactones) is 1. The molecule has 0 bridgehead atoms. The highest BCUT2D eigenvalue weighted by atomic mass is 16.6. The van der Waals surface area contributed by atoms with Crippen LogP contribution in [-0.2, 0) is 19.1 Å². The van der Waals surface area contributed by atoms with Crippen molar-refractivity contribution in [2.24, 2.45) is 5.92 Å². The fraction of sp³-hybridized carbons (Fsp3) is 0.467. The summed E-state index contributed by atoms with van der Waals surface area (Å²) in [6.07, 6.45) is 0. The molecule has 2 rings (SSSR count). The van der Waals surface area contributed by atoms with Crippen molar-refractivity contribution < 1.29 is 33.3 Å².